The highest BCUT2D eigenvalue weighted by atomic mass is 16.5. The number of nitrogens with zero attached hydrogens (tertiary/aromatic N) is 4. The molecule has 0 atom stereocenters. The van der Waals surface area contributed by atoms with Crippen molar-refractivity contribution in [3.63, 3.8) is 0 Å². The lowest BCUT2D eigenvalue weighted by atomic mass is 10.3. The lowest BCUT2D eigenvalue weighted by Crippen LogP contribution is -2.33. The topological polar surface area (TPSA) is 71.3 Å². The number of hydrogen-bond acceptors (Lipinski definition) is 6. The zero-order valence-electron chi connectivity index (χ0n) is 11.2. The highest BCUT2D eigenvalue weighted by Crippen LogP contribution is 2.21. The van der Waals surface area contributed by atoms with Crippen molar-refractivity contribution < 1.29 is 9.47 Å². The number of ether oxygens (including phenoxy) is 2. The van der Waals surface area contributed by atoms with Gasteiger partial charge in [-0.1, -0.05) is 0 Å². The summed E-state index contributed by atoms with van der Waals surface area (Å²) in [5.74, 6) is 1.40. The Labute approximate surface area is 107 Å². The van der Waals surface area contributed by atoms with Gasteiger partial charge in [0.15, 0.2) is 0 Å². The van der Waals surface area contributed by atoms with E-state index in [1.165, 1.54) is 0 Å². The van der Waals surface area contributed by atoms with E-state index in [4.69, 9.17) is 14.7 Å². The van der Waals surface area contributed by atoms with Crippen LogP contribution >= 0.6 is 0 Å². The quantitative estimate of drug-likeness (QED) is 0.764. The average molecular weight is 250 g/mol. The molecule has 0 aliphatic carbocycles. The van der Waals surface area contributed by atoms with Gasteiger partial charge in [0.1, 0.15) is 0 Å². The standard InChI is InChI=1S/C12H18N4O2/c1-9(2)16(7-5-6-13)12-14-10(17-3)8-11(15-12)18-4/h8-9H,5,7H2,1-4H3. The number of rotatable bonds is 6. The van der Waals surface area contributed by atoms with Crippen molar-refractivity contribution in [2.75, 3.05) is 25.7 Å². The highest BCUT2D eigenvalue weighted by Gasteiger charge is 2.15. The van der Waals surface area contributed by atoms with E-state index < -0.39 is 0 Å². The molecule has 0 bridgehead atoms. The molecule has 0 aliphatic heterocycles. The molecule has 0 saturated carbocycles. The average Bonchev–Trinajstić information content (AvgIpc) is 2.38. The summed E-state index contributed by atoms with van der Waals surface area (Å²) in [5, 5.41) is 8.68. The van der Waals surface area contributed by atoms with E-state index in [1.807, 2.05) is 18.7 Å². The first kappa shape index (κ1) is 14.0. The third-order valence-electron chi connectivity index (χ3n) is 2.43. The van der Waals surface area contributed by atoms with E-state index in [0.29, 0.717) is 30.7 Å². The summed E-state index contributed by atoms with van der Waals surface area (Å²) >= 11 is 0. The fraction of sp³-hybridized carbons (Fsp3) is 0.583. The molecule has 0 N–H and O–H groups in total. The molecule has 18 heavy (non-hydrogen) atoms. The van der Waals surface area contributed by atoms with Gasteiger partial charge in [0.25, 0.3) is 0 Å². The Bertz CT molecular complexity index is 406. The molecule has 0 radical (unpaired) electrons. The van der Waals surface area contributed by atoms with Crippen molar-refractivity contribution in [1.29, 1.82) is 5.26 Å². The van der Waals surface area contributed by atoms with Gasteiger partial charge in [-0.15, -0.1) is 0 Å². The lowest BCUT2D eigenvalue weighted by molar-refractivity contribution is 0.371. The van der Waals surface area contributed by atoms with E-state index in [1.54, 1.807) is 20.3 Å². The van der Waals surface area contributed by atoms with Crippen molar-refractivity contribution in [3.05, 3.63) is 6.07 Å². The molecule has 0 fully saturated rings. The predicted octanol–water partition coefficient (Wildman–Crippen LogP) is 1.62. The molecule has 0 saturated heterocycles. The predicted molar refractivity (Wildman–Crippen MR) is 67.8 cm³/mol. The molecule has 0 unspecified atom stereocenters. The van der Waals surface area contributed by atoms with Crippen molar-refractivity contribution in [1.82, 2.24) is 9.97 Å². The normalized spacial score (nSPS) is 10.0. The van der Waals surface area contributed by atoms with Gasteiger partial charge in [0.2, 0.25) is 17.7 Å². The number of aromatic nitrogens is 2. The molecule has 1 heterocycles. The van der Waals surface area contributed by atoms with Gasteiger partial charge in [-0.2, -0.15) is 15.2 Å². The fourth-order valence-corrected chi connectivity index (χ4v) is 1.49. The minimum Gasteiger partial charge on any atom is -0.481 e. The van der Waals surface area contributed by atoms with Gasteiger partial charge in [-0.25, -0.2) is 0 Å². The number of methoxy groups -OCH3 is 2. The lowest BCUT2D eigenvalue weighted by Gasteiger charge is -2.26. The third-order valence-corrected chi connectivity index (χ3v) is 2.43. The molecular weight excluding hydrogens is 232 g/mol. The van der Waals surface area contributed by atoms with Crippen LogP contribution in [-0.2, 0) is 0 Å². The maximum absolute atomic E-state index is 8.68. The molecule has 0 spiro atoms. The molecule has 6 heteroatoms. The minimum atomic E-state index is 0.190. The number of anilines is 1. The molecule has 6 nitrogen and oxygen atoms in total. The third kappa shape index (κ3) is 3.48. The van der Waals surface area contributed by atoms with Crippen molar-refractivity contribution in [2.45, 2.75) is 26.3 Å². The Morgan fingerprint density at radius 3 is 2.22 bits per heavy atom. The summed E-state index contributed by atoms with van der Waals surface area (Å²) in [4.78, 5) is 10.5. The van der Waals surface area contributed by atoms with Gasteiger partial charge < -0.3 is 14.4 Å². The van der Waals surface area contributed by atoms with Crippen LogP contribution in [0.2, 0.25) is 0 Å². The second kappa shape index (κ2) is 6.64. The van der Waals surface area contributed by atoms with E-state index in [2.05, 4.69) is 16.0 Å². The first-order valence-corrected chi connectivity index (χ1v) is 5.73. The Hall–Kier alpha value is -2.03. The zero-order chi connectivity index (χ0) is 13.5. The van der Waals surface area contributed by atoms with E-state index in [9.17, 15) is 0 Å². The van der Waals surface area contributed by atoms with Crippen LogP contribution in [-0.4, -0.2) is 36.8 Å². The van der Waals surface area contributed by atoms with Crippen LogP contribution in [0.4, 0.5) is 5.95 Å². The highest BCUT2D eigenvalue weighted by molar-refractivity contribution is 5.37. The maximum Gasteiger partial charge on any atom is 0.232 e. The SMILES string of the molecule is COc1cc(OC)nc(N(CCC#N)C(C)C)n1. The van der Waals surface area contributed by atoms with Crippen LogP contribution in [0, 0.1) is 11.3 Å². The molecule has 0 amide bonds. The largest absolute Gasteiger partial charge is 0.481 e. The molecule has 1 aromatic heterocycles. The van der Waals surface area contributed by atoms with Crippen molar-refractivity contribution >= 4 is 5.95 Å². The van der Waals surface area contributed by atoms with Crippen LogP contribution in [0.3, 0.4) is 0 Å². The smallest absolute Gasteiger partial charge is 0.232 e. The maximum atomic E-state index is 8.68. The Kier molecular flexibility index (Phi) is 5.18. The molecule has 1 rings (SSSR count). The van der Waals surface area contributed by atoms with Crippen LogP contribution < -0.4 is 14.4 Å². The fourth-order valence-electron chi connectivity index (χ4n) is 1.49. The molecule has 0 aliphatic rings. The molecule has 98 valence electrons. The van der Waals surface area contributed by atoms with Crippen LogP contribution in [0.1, 0.15) is 20.3 Å². The van der Waals surface area contributed by atoms with Gasteiger partial charge in [-0.3, -0.25) is 0 Å². The van der Waals surface area contributed by atoms with Crippen molar-refractivity contribution in [3.8, 4) is 17.8 Å². The summed E-state index contributed by atoms with van der Waals surface area (Å²) in [7, 11) is 3.08. The minimum absolute atomic E-state index is 0.190. The van der Waals surface area contributed by atoms with Gasteiger partial charge in [0.05, 0.1) is 32.8 Å². The first-order valence-electron chi connectivity index (χ1n) is 5.73. The molecule has 1 aromatic rings. The van der Waals surface area contributed by atoms with Crippen molar-refractivity contribution in [2.24, 2.45) is 0 Å². The summed E-state index contributed by atoms with van der Waals surface area (Å²) in [6.45, 7) is 4.61. The van der Waals surface area contributed by atoms with E-state index in [-0.39, 0.29) is 6.04 Å². The summed E-state index contributed by atoms with van der Waals surface area (Å²) < 4.78 is 10.2. The monoisotopic (exact) mass is 250 g/mol. The van der Waals surface area contributed by atoms with Crippen LogP contribution in [0.15, 0.2) is 6.07 Å². The Morgan fingerprint density at radius 1 is 1.28 bits per heavy atom. The summed E-state index contributed by atoms with van der Waals surface area (Å²) in [6.07, 6.45) is 0.418. The Morgan fingerprint density at radius 2 is 1.83 bits per heavy atom. The zero-order valence-corrected chi connectivity index (χ0v) is 11.2. The molecular formula is C12H18N4O2. The second-order valence-electron chi connectivity index (χ2n) is 3.95. The summed E-state index contributed by atoms with van der Waals surface area (Å²) in [6, 6.07) is 3.93. The van der Waals surface area contributed by atoms with Crippen LogP contribution in [0.5, 0.6) is 11.8 Å². The first-order chi connectivity index (χ1) is 8.62. The van der Waals surface area contributed by atoms with Gasteiger partial charge in [-0.05, 0) is 13.8 Å². The summed E-state index contributed by atoms with van der Waals surface area (Å²) in [5.41, 5.74) is 0. The van der Waals surface area contributed by atoms with E-state index in [0.717, 1.165) is 0 Å². The number of hydrogen-bond donors (Lipinski definition) is 0. The van der Waals surface area contributed by atoms with Gasteiger partial charge >= 0.3 is 0 Å². The van der Waals surface area contributed by atoms with Gasteiger partial charge in [0, 0.05) is 12.6 Å². The number of nitriles is 1. The Balaban J connectivity index is 3.06. The second-order valence-corrected chi connectivity index (χ2v) is 3.95. The van der Waals surface area contributed by atoms with E-state index >= 15 is 0 Å². The molecule has 0 aromatic carbocycles. The van der Waals surface area contributed by atoms with Crippen LogP contribution in [0.25, 0.3) is 0 Å².